The molecule has 0 unspecified atom stereocenters. The summed E-state index contributed by atoms with van der Waals surface area (Å²) in [6.07, 6.45) is 11.1. The summed E-state index contributed by atoms with van der Waals surface area (Å²) in [5, 5.41) is 0. The van der Waals surface area contributed by atoms with Crippen molar-refractivity contribution >= 4 is 0 Å². The second-order valence-electron chi connectivity index (χ2n) is 5.85. The van der Waals surface area contributed by atoms with Crippen LogP contribution in [0.2, 0.25) is 0 Å². The van der Waals surface area contributed by atoms with Crippen LogP contribution in [-0.2, 0) is 39.0 Å². The van der Waals surface area contributed by atoms with E-state index in [1.807, 2.05) is 0 Å². The molecule has 4 rings (SSSR count). The van der Waals surface area contributed by atoms with E-state index in [1.165, 1.54) is 33.4 Å². The molecule has 0 saturated carbocycles. The molecule has 2 aromatic carbocycles. The molecule has 3 heteroatoms. The fourth-order valence-corrected chi connectivity index (χ4v) is 3.50. The Morgan fingerprint density at radius 3 is 2.35 bits per heavy atom. The summed E-state index contributed by atoms with van der Waals surface area (Å²) in [4.78, 5) is 0. The van der Waals surface area contributed by atoms with Crippen molar-refractivity contribution in [2.24, 2.45) is 5.92 Å². The minimum atomic E-state index is 0. The first-order chi connectivity index (χ1) is 9.83. The second-order valence-corrected chi connectivity index (χ2v) is 5.85. The zero-order valence-corrected chi connectivity index (χ0v) is 17.0. The van der Waals surface area contributed by atoms with Gasteiger partial charge in [0.25, 0.3) is 0 Å². The summed E-state index contributed by atoms with van der Waals surface area (Å²) in [6.45, 7) is 2.29. The van der Waals surface area contributed by atoms with Gasteiger partial charge in [-0.15, -0.1) is 0 Å². The third-order valence-corrected chi connectivity index (χ3v) is 4.67. The van der Waals surface area contributed by atoms with E-state index in [0.717, 1.165) is 12.8 Å². The van der Waals surface area contributed by atoms with Gasteiger partial charge in [0, 0.05) is 0 Å². The third-order valence-electron chi connectivity index (χ3n) is 4.67. The van der Waals surface area contributed by atoms with E-state index in [1.54, 1.807) is 0 Å². The zero-order chi connectivity index (χ0) is 13.5. The molecule has 0 spiro atoms. The van der Waals surface area contributed by atoms with Gasteiger partial charge in [-0.05, 0) is 59.1 Å². The molecule has 116 valence electrons. The zero-order valence-electron chi connectivity index (χ0n) is 13.0. The van der Waals surface area contributed by atoms with Gasteiger partial charge in [0.15, 0.2) is 0 Å². The van der Waals surface area contributed by atoms with Gasteiger partial charge in [0.2, 0.25) is 0 Å². The molecular weight excluding hydrogens is 402 g/mol. The van der Waals surface area contributed by atoms with E-state index in [4.69, 9.17) is 0 Å². The summed E-state index contributed by atoms with van der Waals surface area (Å²) >= 11 is 0. The quantitative estimate of drug-likeness (QED) is 0.492. The Kier molecular flexibility index (Phi) is 7.52. The molecule has 23 heavy (non-hydrogen) atoms. The van der Waals surface area contributed by atoms with Gasteiger partial charge in [0.1, 0.15) is 0 Å². The van der Waals surface area contributed by atoms with Gasteiger partial charge in [-0.3, -0.25) is 0 Å². The van der Waals surface area contributed by atoms with Crippen LogP contribution in [0.1, 0.15) is 22.3 Å². The molecule has 0 aromatic heterocycles. The molecular formula is C20H18Cl2Zr. The van der Waals surface area contributed by atoms with Crippen molar-refractivity contribution in [2.45, 2.75) is 19.8 Å². The molecule has 2 aliphatic rings. The Morgan fingerprint density at radius 2 is 1.61 bits per heavy atom. The average molecular weight is 420 g/mol. The number of allylic oxidation sites excluding steroid dienone is 4. The van der Waals surface area contributed by atoms with Crippen LogP contribution >= 0.6 is 0 Å². The molecule has 0 fully saturated rings. The van der Waals surface area contributed by atoms with Gasteiger partial charge < -0.3 is 24.8 Å². The Bertz CT molecular complexity index is 735. The Morgan fingerprint density at radius 1 is 0.913 bits per heavy atom. The van der Waals surface area contributed by atoms with Crippen molar-refractivity contribution < 1.29 is 51.0 Å². The smallest absolute Gasteiger partial charge is 1.00 e. The summed E-state index contributed by atoms with van der Waals surface area (Å²) in [6, 6.07) is 13.5. The van der Waals surface area contributed by atoms with E-state index in [-0.39, 0.29) is 51.0 Å². The Labute approximate surface area is 170 Å². The van der Waals surface area contributed by atoms with Crippen LogP contribution in [-0.4, -0.2) is 0 Å². The fraction of sp³-hybridized carbons (Fsp3) is 0.200. The van der Waals surface area contributed by atoms with Crippen LogP contribution in [0.15, 0.2) is 60.7 Å². The maximum atomic E-state index is 2.33. The summed E-state index contributed by atoms with van der Waals surface area (Å²) < 4.78 is 0. The SMILES string of the molecule is Cc1c(CC2C=CC=C2)ccc2c1Cc1ccccc1-2.[Cl-].[Cl-].[Zr+2]. The summed E-state index contributed by atoms with van der Waals surface area (Å²) in [7, 11) is 0. The average Bonchev–Trinajstić information content (AvgIpc) is 3.09. The van der Waals surface area contributed by atoms with E-state index in [2.05, 4.69) is 67.6 Å². The van der Waals surface area contributed by atoms with Crippen molar-refractivity contribution in [1.82, 2.24) is 0 Å². The number of benzene rings is 2. The predicted molar refractivity (Wildman–Crippen MR) is 84.9 cm³/mol. The first kappa shape index (κ1) is 20.4. The van der Waals surface area contributed by atoms with Gasteiger partial charge in [-0.2, -0.15) is 0 Å². The normalized spacial score (nSPS) is 13.6. The molecule has 0 heterocycles. The monoisotopic (exact) mass is 418 g/mol. The maximum Gasteiger partial charge on any atom is 2.00 e. The molecule has 0 N–H and O–H groups in total. The first-order valence-electron chi connectivity index (χ1n) is 7.37. The number of hydrogen-bond acceptors (Lipinski definition) is 0. The second kappa shape index (κ2) is 8.47. The van der Waals surface area contributed by atoms with Gasteiger partial charge >= 0.3 is 26.2 Å². The minimum absolute atomic E-state index is 0. The van der Waals surface area contributed by atoms with Gasteiger partial charge in [-0.1, -0.05) is 60.7 Å². The van der Waals surface area contributed by atoms with Crippen LogP contribution in [0.5, 0.6) is 0 Å². The standard InChI is InChI=1S/C20H18.2ClH.Zr/c1-14-16(12-15-6-2-3-7-15)10-11-19-18-9-5-4-8-17(18)13-20(14)19;;;/h2-11,15H,12-13H2,1H3;2*1H;/q;;;+2/p-2. The minimum Gasteiger partial charge on any atom is -1.00 e. The van der Waals surface area contributed by atoms with Crippen molar-refractivity contribution in [3.8, 4) is 11.1 Å². The molecule has 0 nitrogen and oxygen atoms in total. The Hall–Kier alpha value is -0.617. The van der Waals surface area contributed by atoms with E-state index in [9.17, 15) is 0 Å². The molecule has 0 amide bonds. The van der Waals surface area contributed by atoms with Crippen LogP contribution in [0.3, 0.4) is 0 Å². The maximum absolute atomic E-state index is 2.33. The molecule has 2 aromatic rings. The third kappa shape index (κ3) is 3.73. The van der Waals surface area contributed by atoms with Crippen molar-refractivity contribution in [3.05, 3.63) is 83.0 Å². The van der Waals surface area contributed by atoms with E-state index >= 15 is 0 Å². The van der Waals surface area contributed by atoms with Crippen LogP contribution < -0.4 is 24.8 Å². The predicted octanol–water partition coefficient (Wildman–Crippen LogP) is -1.14. The first-order valence-corrected chi connectivity index (χ1v) is 7.37. The number of halogens is 2. The van der Waals surface area contributed by atoms with Crippen LogP contribution in [0.4, 0.5) is 0 Å². The molecule has 0 radical (unpaired) electrons. The number of hydrogen-bond donors (Lipinski definition) is 0. The molecule has 0 atom stereocenters. The van der Waals surface area contributed by atoms with Crippen LogP contribution in [0, 0.1) is 12.8 Å². The fourth-order valence-electron chi connectivity index (χ4n) is 3.50. The van der Waals surface area contributed by atoms with Crippen molar-refractivity contribution in [3.63, 3.8) is 0 Å². The van der Waals surface area contributed by atoms with Crippen molar-refractivity contribution in [2.75, 3.05) is 0 Å². The summed E-state index contributed by atoms with van der Waals surface area (Å²) in [5.41, 5.74) is 8.88. The molecule has 0 aliphatic heterocycles. The van der Waals surface area contributed by atoms with Crippen LogP contribution in [0.25, 0.3) is 11.1 Å². The Balaban J connectivity index is 0.000000882. The van der Waals surface area contributed by atoms with Gasteiger partial charge in [0.05, 0.1) is 0 Å². The topological polar surface area (TPSA) is 0 Å². The number of fused-ring (bicyclic) bond motifs is 3. The number of rotatable bonds is 2. The van der Waals surface area contributed by atoms with E-state index in [0.29, 0.717) is 5.92 Å². The van der Waals surface area contributed by atoms with Gasteiger partial charge in [-0.25, -0.2) is 0 Å². The molecule has 2 aliphatic carbocycles. The van der Waals surface area contributed by atoms with E-state index < -0.39 is 0 Å². The summed E-state index contributed by atoms with van der Waals surface area (Å²) in [5.74, 6) is 0.579. The largest absolute Gasteiger partial charge is 2.00 e. The molecule has 0 bridgehead atoms. The van der Waals surface area contributed by atoms with Crippen molar-refractivity contribution in [1.29, 1.82) is 0 Å². The molecule has 0 saturated heterocycles.